The molecule has 1 aliphatic heterocycles. The lowest BCUT2D eigenvalue weighted by Gasteiger charge is -2.41. The van der Waals surface area contributed by atoms with Crippen LogP contribution in [0.3, 0.4) is 0 Å². The zero-order chi connectivity index (χ0) is 15.4. The molecule has 0 aromatic rings. The average Bonchev–Trinajstić information content (AvgIpc) is 2.38. The van der Waals surface area contributed by atoms with E-state index in [1.165, 1.54) is 0 Å². The van der Waals surface area contributed by atoms with Gasteiger partial charge in [-0.25, -0.2) is 13.2 Å². The van der Waals surface area contributed by atoms with Crippen molar-refractivity contribution >= 4 is 15.9 Å². The summed E-state index contributed by atoms with van der Waals surface area (Å²) in [5, 5.41) is 2.89. The highest BCUT2D eigenvalue weighted by atomic mass is 32.2. The molecule has 1 rings (SSSR count). The van der Waals surface area contributed by atoms with Crippen molar-refractivity contribution < 1.29 is 13.2 Å². The Bertz CT molecular complexity index is 428. The first-order chi connectivity index (χ1) is 9.28. The Hall–Kier alpha value is -0.780. The molecule has 5 nitrogen and oxygen atoms in total. The van der Waals surface area contributed by atoms with E-state index in [2.05, 4.69) is 19.2 Å². The molecule has 0 unspecified atom stereocenters. The number of urea groups is 1. The normalized spacial score (nSPS) is 20.9. The quantitative estimate of drug-likeness (QED) is 0.845. The van der Waals surface area contributed by atoms with Gasteiger partial charge in [-0.3, -0.25) is 0 Å². The molecule has 1 fully saturated rings. The first-order valence-corrected chi connectivity index (χ1v) is 9.18. The minimum Gasteiger partial charge on any atom is -0.338 e. The van der Waals surface area contributed by atoms with Crippen molar-refractivity contribution in [2.75, 3.05) is 25.4 Å². The fourth-order valence-corrected chi connectivity index (χ4v) is 4.76. The third-order valence-electron chi connectivity index (χ3n) is 4.34. The maximum atomic E-state index is 12.3. The Labute approximate surface area is 123 Å². The van der Waals surface area contributed by atoms with Gasteiger partial charge < -0.3 is 10.2 Å². The van der Waals surface area contributed by atoms with Crippen LogP contribution in [0.15, 0.2) is 0 Å². The molecule has 0 saturated carbocycles. The molecule has 0 radical (unpaired) electrons. The molecule has 0 spiro atoms. The predicted molar refractivity (Wildman–Crippen MR) is 81.5 cm³/mol. The lowest BCUT2D eigenvalue weighted by molar-refractivity contribution is 0.187. The van der Waals surface area contributed by atoms with E-state index in [9.17, 15) is 13.2 Å². The molecule has 1 heterocycles. The van der Waals surface area contributed by atoms with Crippen LogP contribution in [0.2, 0.25) is 0 Å². The lowest BCUT2D eigenvalue weighted by atomic mass is 10.0. The van der Waals surface area contributed by atoms with E-state index in [0.29, 0.717) is 38.4 Å². The molecule has 118 valence electrons. The van der Waals surface area contributed by atoms with Gasteiger partial charge in [-0.1, -0.05) is 27.7 Å². The zero-order valence-electron chi connectivity index (χ0n) is 13.1. The molecule has 1 saturated heterocycles. The van der Waals surface area contributed by atoms with Crippen LogP contribution in [0.1, 0.15) is 47.0 Å². The van der Waals surface area contributed by atoms with Crippen molar-refractivity contribution in [3.8, 4) is 0 Å². The third kappa shape index (κ3) is 3.65. The molecule has 1 N–H and O–H groups in total. The van der Waals surface area contributed by atoms with Crippen LogP contribution < -0.4 is 5.32 Å². The van der Waals surface area contributed by atoms with E-state index in [0.717, 1.165) is 6.42 Å². The number of nitrogens with one attached hydrogen (secondary N) is 1. The molecular formula is C14H28N2O3S. The number of nitrogens with zero attached hydrogens (tertiary/aromatic N) is 1. The Balaban J connectivity index is 2.69. The summed E-state index contributed by atoms with van der Waals surface area (Å²) in [5.41, 5.74) is 0. The van der Waals surface area contributed by atoms with Gasteiger partial charge in [0.15, 0.2) is 9.84 Å². The Morgan fingerprint density at radius 2 is 1.90 bits per heavy atom. The summed E-state index contributed by atoms with van der Waals surface area (Å²) in [6.07, 6.45) is 2.05. The molecule has 0 aromatic carbocycles. The SMILES string of the molecule is CCC1(CC)CN(C(=O)NCCC(C)C)CCS1(=O)=O. The van der Waals surface area contributed by atoms with Gasteiger partial charge in [0.05, 0.1) is 10.5 Å². The zero-order valence-corrected chi connectivity index (χ0v) is 13.9. The molecule has 2 amide bonds. The van der Waals surface area contributed by atoms with E-state index in [1.807, 2.05) is 13.8 Å². The van der Waals surface area contributed by atoms with Gasteiger partial charge in [0.1, 0.15) is 0 Å². The smallest absolute Gasteiger partial charge is 0.317 e. The van der Waals surface area contributed by atoms with Gasteiger partial charge in [-0.05, 0) is 25.2 Å². The largest absolute Gasteiger partial charge is 0.338 e. The second-order valence-electron chi connectivity index (χ2n) is 6.04. The van der Waals surface area contributed by atoms with Crippen LogP contribution in [0.4, 0.5) is 4.79 Å². The summed E-state index contributed by atoms with van der Waals surface area (Å²) < 4.78 is 23.8. The molecule has 0 atom stereocenters. The number of rotatable bonds is 5. The van der Waals surface area contributed by atoms with Crippen molar-refractivity contribution in [2.24, 2.45) is 5.92 Å². The molecule has 6 heteroatoms. The maximum Gasteiger partial charge on any atom is 0.317 e. The van der Waals surface area contributed by atoms with Gasteiger partial charge >= 0.3 is 6.03 Å². The van der Waals surface area contributed by atoms with Crippen LogP contribution in [0, 0.1) is 5.92 Å². The monoisotopic (exact) mass is 304 g/mol. The summed E-state index contributed by atoms with van der Waals surface area (Å²) in [4.78, 5) is 13.8. The van der Waals surface area contributed by atoms with Crippen molar-refractivity contribution in [1.29, 1.82) is 0 Å². The van der Waals surface area contributed by atoms with E-state index in [1.54, 1.807) is 4.90 Å². The van der Waals surface area contributed by atoms with Crippen LogP contribution in [0.5, 0.6) is 0 Å². The Morgan fingerprint density at radius 3 is 2.40 bits per heavy atom. The van der Waals surface area contributed by atoms with Crippen molar-refractivity contribution in [3.05, 3.63) is 0 Å². The van der Waals surface area contributed by atoms with Gasteiger partial charge in [0, 0.05) is 19.6 Å². The summed E-state index contributed by atoms with van der Waals surface area (Å²) >= 11 is 0. The number of sulfone groups is 1. The highest BCUT2D eigenvalue weighted by Gasteiger charge is 2.46. The lowest BCUT2D eigenvalue weighted by Crippen LogP contribution is -2.59. The van der Waals surface area contributed by atoms with Gasteiger partial charge in [0.25, 0.3) is 0 Å². The first-order valence-electron chi connectivity index (χ1n) is 7.53. The number of carbonyl (C=O) groups is 1. The van der Waals surface area contributed by atoms with Gasteiger partial charge in [0.2, 0.25) is 0 Å². The van der Waals surface area contributed by atoms with Crippen LogP contribution in [-0.4, -0.2) is 49.5 Å². The van der Waals surface area contributed by atoms with Crippen molar-refractivity contribution in [2.45, 2.75) is 51.7 Å². The van der Waals surface area contributed by atoms with Crippen LogP contribution in [-0.2, 0) is 9.84 Å². The molecular weight excluding hydrogens is 276 g/mol. The fraction of sp³-hybridized carbons (Fsp3) is 0.929. The van der Waals surface area contributed by atoms with Gasteiger partial charge in [-0.15, -0.1) is 0 Å². The van der Waals surface area contributed by atoms with E-state index in [-0.39, 0.29) is 11.8 Å². The Kier molecular flexibility index (Phi) is 5.86. The summed E-state index contributed by atoms with van der Waals surface area (Å²) in [6.45, 7) is 9.26. The molecule has 0 aliphatic carbocycles. The highest BCUT2D eigenvalue weighted by Crippen LogP contribution is 2.31. The number of hydrogen-bond acceptors (Lipinski definition) is 3. The topological polar surface area (TPSA) is 66.5 Å². The highest BCUT2D eigenvalue weighted by molar-refractivity contribution is 7.92. The molecule has 0 bridgehead atoms. The van der Waals surface area contributed by atoms with Crippen molar-refractivity contribution in [3.63, 3.8) is 0 Å². The standard InChI is InChI=1S/C14H28N2O3S/c1-5-14(6-2)11-16(9-10-20(14,18)19)13(17)15-8-7-12(3)4/h12H,5-11H2,1-4H3,(H,15,17). The van der Waals surface area contributed by atoms with E-state index >= 15 is 0 Å². The van der Waals surface area contributed by atoms with E-state index in [4.69, 9.17) is 0 Å². The summed E-state index contributed by atoms with van der Waals surface area (Å²) in [6, 6.07) is -0.133. The average molecular weight is 304 g/mol. The Morgan fingerprint density at radius 1 is 1.30 bits per heavy atom. The summed E-state index contributed by atoms with van der Waals surface area (Å²) in [7, 11) is -3.11. The minimum atomic E-state index is -3.11. The van der Waals surface area contributed by atoms with Crippen LogP contribution >= 0.6 is 0 Å². The second-order valence-corrected chi connectivity index (χ2v) is 8.55. The fourth-order valence-electron chi connectivity index (χ4n) is 2.64. The van der Waals surface area contributed by atoms with Gasteiger partial charge in [-0.2, -0.15) is 0 Å². The minimum absolute atomic E-state index is 0.0757. The molecule has 1 aliphatic rings. The maximum absolute atomic E-state index is 12.3. The predicted octanol–water partition coefficient (Wildman–Crippen LogP) is 2.03. The van der Waals surface area contributed by atoms with E-state index < -0.39 is 14.6 Å². The number of amides is 2. The van der Waals surface area contributed by atoms with Crippen molar-refractivity contribution in [1.82, 2.24) is 10.2 Å². The third-order valence-corrected chi connectivity index (χ3v) is 7.09. The first kappa shape index (κ1) is 17.3. The second kappa shape index (κ2) is 6.78. The number of hydrogen-bond donors (Lipinski definition) is 1. The van der Waals surface area contributed by atoms with Crippen LogP contribution in [0.25, 0.3) is 0 Å². The molecule has 0 aromatic heterocycles. The molecule has 20 heavy (non-hydrogen) atoms. The number of carbonyl (C=O) groups excluding carboxylic acids is 1. The summed E-state index contributed by atoms with van der Waals surface area (Å²) in [5.74, 6) is 0.620.